The first-order valence-corrected chi connectivity index (χ1v) is 13.3. The van der Waals surface area contributed by atoms with Crippen LogP contribution in [0.15, 0.2) is 30.6 Å². The summed E-state index contributed by atoms with van der Waals surface area (Å²) in [5.41, 5.74) is 1.33. The number of nitrogens with one attached hydrogen (secondary N) is 1. The Hall–Kier alpha value is -2.96. The molecule has 1 N–H and O–H groups in total. The summed E-state index contributed by atoms with van der Waals surface area (Å²) in [6, 6.07) is 5.28. The number of ether oxygens (including phenoxy) is 3. The normalized spacial score (nSPS) is 19.3. The van der Waals surface area contributed by atoms with Crippen LogP contribution in [0.3, 0.4) is 0 Å². The van der Waals surface area contributed by atoms with E-state index in [1.165, 1.54) is 28.3 Å². The Bertz CT molecular complexity index is 1290. The highest BCUT2D eigenvalue weighted by Gasteiger charge is 2.38. The van der Waals surface area contributed by atoms with Crippen molar-refractivity contribution in [1.29, 1.82) is 0 Å². The maximum atomic E-state index is 13.5. The van der Waals surface area contributed by atoms with Crippen molar-refractivity contribution in [3.05, 3.63) is 47.8 Å². The third-order valence-electron chi connectivity index (χ3n) is 6.22. The van der Waals surface area contributed by atoms with Crippen LogP contribution in [0.2, 0.25) is 0 Å². The molecular formula is C23H29ClN6O5S. The summed E-state index contributed by atoms with van der Waals surface area (Å²) < 4.78 is 47.9. The zero-order chi connectivity index (χ0) is 26.0. The smallest absolute Gasteiger partial charge is 0.243 e. The van der Waals surface area contributed by atoms with Crippen molar-refractivity contribution in [2.75, 3.05) is 26.1 Å². The molecule has 0 spiro atoms. The number of methoxy groups -OCH3 is 3. The number of hydrogen-bond acceptors (Lipinski definition) is 9. The van der Waals surface area contributed by atoms with Crippen LogP contribution in [0.1, 0.15) is 49.0 Å². The van der Waals surface area contributed by atoms with Gasteiger partial charge in [0.1, 0.15) is 34.4 Å². The first-order chi connectivity index (χ1) is 17.2. The molecule has 0 aliphatic heterocycles. The molecule has 3 aromatic rings. The van der Waals surface area contributed by atoms with Crippen LogP contribution >= 0.6 is 11.6 Å². The Balaban J connectivity index is 1.76. The van der Waals surface area contributed by atoms with Gasteiger partial charge in [-0.2, -0.15) is 0 Å². The van der Waals surface area contributed by atoms with E-state index in [0.717, 1.165) is 5.56 Å². The lowest BCUT2D eigenvalue weighted by atomic mass is 9.84. The fourth-order valence-electron chi connectivity index (χ4n) is 4.10. The van der Waals surface area contributed by atoms with Crippen LogP contribution < -0.4 is 14.2 Å². The van der Waals surface area contributed by atoms with Crippen LogP contribution in [0.5, 0.6) is 11.5 Å². The molecule has 2 heterocycles. The van der Waals surface area contributed by atoms with Gasteiger partial charge >= 0.3 is 0 Å². The van der Waals surface area contributed by atoms with E-state index in [-0.39, 0.29) is 23.1 Å². The highest BCUT2D eigenvalue weighted by Crippen LogP contribution is 2.43. The van der Waals surface area contributed by atoms with Crippen molar-refractivity contribution in [3.8, 4) is 17.2 Å². The number of aromatic nitrogens is 5. The molecule has 1 aliphatic rings. The Morgan fingerprint density at radius 1 is 1.08 bits per heavy atom. The Morgan fingerprint density at radius 3 is 2.22 bits per heavy atom. The van der Waals surface area contributed by atoms with Gasteiger partial charge in [0.2, 0.25) is 16.0 Å². The molecule has 13 heteroatoms. The predicted molar refractivity (Wildman–Crippen MR) is 135 cm³/mol. The van der Waals surface area contributed by atoms with Gasteiger partial charge in [-0.1, -0.05) is 6.07 Å². The molecule has 1 saturated carbocycles. The molecule has 2 atom stereocenters. The van der Waals surface area contributed by atoms with Gasteiger partial charge in [-0.25, -0.2) is 18.4 Å². The number of halogens is 1. The second-order valence-corrected chi connectivity index (χ2v) is 11.3. The summed E-state index contributed by atoms with van der Waals surface area (Å²) in [6.45, 7) is 3.37. The van der Waals surface area contributed by atoms with Crippen molar-refractivity contribution < 1.29 is 22.6 Å². The summed E-state index contributed by atoms with van der Waals surface area (Å²) in [6.07, 6.45) is 3.69. The molecule has 0 bridgehead atoms. The summed E-state index contributed by atoms with van der Waals surface area (Å²) >= 11 is 6.24. The van der Waals surface area contributed by atoms with E-state index < -0.39 is 21.4 Å². The monoisotopic (exact) mass is 536 g/mol. The first-order valence-electron chi connectivity index (χ1n) is 11.3. The third kappa shape index (κ3) is 4.97. The van der Waals surface area contributed by atoms with Gasteiger partial charge in [0, 0.05) is 30.8 Å². The Labute approximate surface area is 215 Å². The van der Waals surface area contributed by atoms with Crippen LogP contribution in [0.25, 0.3) is 5.69 Å². The van der Waals surface area contributed by atoms with Gasteiger partial charge in [-0.05, 0) is 44.4 Å². The van der Waals surface area contributed by atoms with E-state index in [2.05, 4.69) is 24.9 Å². The topological polar surface area (TPSA) is 130 Å². The van der Waals surface area contributed by atoms with E-state index in [1.54, 1.807) is 35.2 Å². The second-order valence-electron chi connectivity index (χ2n) is 8.62. The fraction of sp³-hybridized carbons (Fsp3) is 0.478. The van der Waals surface area contributed by atoms with Crippen LogP contribution in [0.4, 0.5) is 5.95 Å². The minimum atomic E-state index is -4.05. The Morgan fingerprint density at radius 2 is 1.69 bits per heavy atom. The zero-order valence-corrected chi connectivity index (χ0v) is 22.2. The van der Waals surface area contributed by atoms with Gasteiger partial charge in [-0.3, -0.25) is 9.29 Å². The largest absolute Gasteiger partial charge is 0.494 e. The molecule has 4 rings (SSSR count). The number of benzene rings is 1. The number of anilines is 1. The second kappa shape index (κ2) is 10.6. The highest BCUT2D eigenvalue weighted by molar-refractivity contribution is 7.93. The summed E-state index contributed by atoms with van der Waals surface area (Å²) in [7, 11) is 0.415. The highest BCUT2D eigenvalue weighted by atomic mass is 35.5. The molecule has 0 radical (unpaired) electrons. The van der Waals surface area contributed by atoms with Crippen LogP contribution in [0, 0.1) is 6.92 Å². The van der Waals surface area contributed by atoms with E-state index >= 15 is 0 Å². The number of sulfonamides is 1. The van der Waals surface area contributed by atoms with Crippen molar-refractivity contribution in [3.63, 3.8) is 0 Å². The standard InChI is InChI=1S/C23H29ClN6O5S/c1-13-11-25-21(26-12-13)20(35-5)14(2)36(31,32)29-23-28-27-22(15-9-16(24)10-15)30(23)19-17(33-3)7-6-8-18(19)34-4/h6-8,11-12,14-16,20H,9-10H2,1-5H3,(H,28,29)/t14-,15?,16?,20-/m0/s1. The van der Waals surface area contributed by atoms with E-state index in [9.17, 15) is 8.42 Å². The summed E-state index contributed by atoms with van der Waals surface area (Å²) in [5, 5.41) is 7.51. The van der Waals surface area contributed by atoms with Crippen molar-refractivity contribution in [2.45, 2.75) is 49.3 Å². The van der Waals surface area contributed by atoms with Crippen LogP contribution in [-0.4, -0.2) is 65.1 Å². The van der Waals surface area contributed by atoms with Crippen molar-refractivity contribution in [2.24, 2.45) is 0 Å². The maximum Gasteiger partial charge on any atom is 0.243 e. The molecule has 0 saturated heterocycles. The molecule has 1 aliphatic carbocycles. The zero-order valence-electron chi connectivity index (χ0n) is 20.7. The quantitative estimate of drug-likeness (QED) is 0.387. The number of nitrogens with zero attached hydrogens (tertiary/aromatic N) is 5. The summed E-state index contributed by atoms with van der Waals surface area (Å²) in [5.74, 6) is 1.75. The number of alkyl halides is 1. The number of rotatable bonds is 10. The van der Waals surface area contributed by atoms with Gasteiger partial charge in [0.25, 0.3) is 0 Å². The van der Waals surface area contributed by atoms with E-state index in [0.29, 0.717) is 35.9 Å². The number of aryl methyl sites for hydroxylation is 1. The van der Waals surface area contributed by atoms with E-state index in [4.69, 9.17) is 25.8 Å². The first kappa shape index (κ1) is 26.1. The molecule has 11 nitrogen and oxygen atoms in total. The average molecular weight is 537 g/mol. The van der Waals surface area contributed by atoms with Crippen LogP contribution in [-0.2, 0) is 14.8 Å². The lowest BCUT2D eigenvalue weighted by molar-refractivity contribution is 0.0949. The van der Waals surface area contributed by atoms with Gasteiger partial charge in [0.05, 0.1) is 14.2 Å². The molecule has 0 amide bonds. The molecule has 194 valence electrons. The average Bonchev–Trinajstić information content (AvgIpc) is 3.24. The van der Waals surface area contributed by atoms with E-state index in [1.807, 2.05) is 6.92 Å². The molecule has 0 unspecified atom stereocenters. The van der Waals surface area contributed by atoms with Gasteiger partial charge < -0.3 is 14.2 Å². The van der Waals surface area contributed by atoms with Gasteiger partial charge in [0.15, 0.2) is 5.82 Å². The minimum absolute atomic E-state index is 0.00187. The predicted octanol–water partition coefficient (Wildman–Crippen LogP) is 3.39. The molecule has 36 heavy (non-hydrogen) atoms. The van der Waals surface area contributed by atoms with Crippen molar-refractivity contribution >= 4 is 27.6 Å². The lowest BCUT2D eigenvalue weighted by Gasteiger charge is -2.31. The third-order valence-corrected chi connectivity index (χ3v) is 8.27. The number of hydrogen-bond donors (Lipinski definition) is 1. The molecule has 1 fully saturated rings. The molecule has 2 aromatic heterocycles. The van der Waals surface area contributed by atoms with Gasteiger partial charge in [-0.15, -0.1) is 21.8 Å². The molecule has 1 aromatic carbocycles. The summed E-state index contributed by atoms with van der Waals surface area (Å²) in [4.78, 5) is 8.50. The Kier molecular flexibility index (Phi) is 7.67. The maximum absolute atomic E-state index is 13.5. The lowest BCUT2D eigenvalue weighted by Crippen LogP contribution is -2.33. The fourth-order valence-corrected chi connectivity index (χ4v) is 5.66. The van der Waals surface area contributed by atoms with Crippen molar-refractivity contribution in [1.82, 2.24) is 24.7 Å². The number of para-hydroxylation sites is 1. The SMILES string of the molecule is COc1cccc(OC)c1-n1c(NS(=O)(=O)[C@@H](C)[C@H](OC)c2ncc(C)cn2)nnc1C1CC(Cl)C1. The minimum Gasteiger partial charge on any atom is -0.494 e. The molecular weight excluding hydrogens is 508 g/mol.